The smallest absolute Gasteiger partial charge is 0.132 e. The summed E-state index contributed by atoms with van der Waals surface area (Å²) in [5, 5.41) is 0. The second kappa shape index (κ2) is 5.36. The van der Waals surface area contributed by atoms with Gasteiger partial charge in [0.05, 0.1) is 0 Å². The van der Waals surface area contributed by atoms with Crippen LogP contribution in [0, 0.1) is 6.92 Å². The molecule has 2 heterocycles. The van der Waals surface area contributed by atoms with E-state index in [0.29, 0.717) is 0 Å². The quantitative estimate of drug-likeness (QED) is 0.788. The van der Waals surface area contributed by atoms with Crippen molar-refractivity contribution in [2.75, 3.05) is 18.0 Å². The minimum atomic E-state index is 0. The zero-order valence-electron chi connectivity index (χ0n) is 9.49. The number of halogens is 1. The zero-order valence-corrected chi connectivity index (χ0v) is 10.3. The summed E-state index contributed by atoms with van der Waals surface area (Å²) in [5.41, 5.74) is 2.86. The molecule has 0 fully saturated rings. The predicted octanol–water partition coefficient (Wildman–Crippen LogP) is 2.97. The van der Waals surface area contributed by atoms with Crippen LogP contribution >= 0.6 is 12.4 Å². The Balaban J connectivity index is 0.00000112. The molecule has 0 radical (unpaired) electrons. The van der Waals surface area contributed by atoms with Crippen LogP contribution in [0.2, 0.25) is 0 Å². The van der Waals surface area contributed by atoms with E-state index in [1.807, 2.05) is 6.20 Å². The monoisotopic (exact) mass is 226 g/mol. The molecule has 1 aliphatic rings. The molecule has 0 spiro atoms. The number of nitrogens with zero attached hydrogens (tertiary/aromatic N) is 2. The van der Waals surface area contributed by atoms with Gasteiger partial charge in [-0.05, 0) is 37.0 Å². The molecule has 0 saturated heterocycles. The normalized spacial score (nSPS) is 13.6. The van der Waals surface area contributed by atoms with E-state index in [0.717, 1.165) is 6.54 Å². The first-order chi connectivity index (χ1) is 6.83. The van der Waals surface area contributed by atoms with Gasteiger partial charge < -0.3 is 4.90 Å². The van der Waals surface area contributed by atoms with E-state index in [-0.39, 0.29) is 12.4 Å². The fourth-order valence-electron chi connectivity index (χ4n) is 2.08. The maximum Gasteiger partial charge on any atom is 0.132 e. The third kappa shape index (κ3) is 2.43. The van der Waals surface area contributed by atoms with Crippen molar-refractivity contribution in [2.24, 2.45) is 0 Å². The van der Waals surface area contributed by atoms with Gasteiger partial charge >= 0.3 is 0 Å². The third-order valence-corrected chi connectivity index (χ3v) is 2.98. The van der Waals surface area contributed by atoms with Crippen molar-refractivity contribution in [1.82, 2.24) is 4.98 Å². The summed E-state index contributed by atoms with van der Waals surface area (Å²) in [5.74, 6) is 1.23. The summed E-state index contributed by atoms with van der Waals surface area (Å²) in [4.78, 5) is 6.90. The molecule has 15 heavy (non-hydrogen) atoms. The van der Waals surface area contributed by atoms with Crippen molar-refractivity contribution in [1.29, 1.82) is 0 Å². The molecule has 1 aromatic rings. The second-order valence-corrected chi connectivity index (χ2v) is 4.02. The van der Waals surface area contributed by atoms with Crippen molar-refractivity contribution in [3.8, 4) is 0 Å². The van der Waals surface area contributed by atoms with Crippen LogP contribution in [-0.4, -0.2) is 18.1 Å². The Bertz CT molecular complexity index is 325. The van der Waals surface area contributed by atoms with Crippen molar-refractivity contribution in [3.05, 3.63) is 23.4 Å². The van der Waals surface area contributed by atoms with E-state index in [1.165, 1.54) is 42.8 Å². The highest BCUT2D eigenvalue weighted by molar-refractivity contribution is 5.85. The van der Waals surface area contributed by atoms with Crippen molar-refractivity contribution >= 4 is 18.2 Å². The fourth-order valence-corrected chi connectivity index (χ4v) is 2.08. The molecule has 84 valence electrons. The topological polar surface area (TPSA) is 16.1 Å². The third-order valence-electron chi connectivity index (χ3n) is 2.98. The van der Waals surface area contributed by atoms with Crippen molar-refractivity contribution in [2.45, 2.75) is 33.1 Å². The minimum absolute atomic E-state index is 0. The number of fused-ring (bicyclic) bond motifs is 1. The molecular weight excluding hydrogens is 208 g/mol. The number of unbranched alkanes of at least 4 members (excludes halogenated alkanes) is 1. The van der Waals surface area contributed by atoms with E-state index in [2.05, 4.69) is 29.8 Å². The number of pyridine rings is 1. The first kappa shape index (κ1) is 12.3. The van der Waals surface area contributed by atoms with Gasteiger partial charge in [0.2, 0.25) is 0 Å². The summed E-state index contributed by atoms with van der Waals surface area (Å²) >= 11 is 0. The van der Waals surface area contributed by atoms with Gasteiger partial charge in [-0.3, -0.25) is 0 Å². The van der Waals surface area contributed by atoms with Crippen LogP contribution < -0.4 is 4.90 Å². The van der Waals surface area contributed by atoms with E-state index in [4.69, 9.17) is 0 Å². The van der Waals surface area contributed by atoms with E-state index in [1.54, 1.807) is 0 Å². The first-order valence-corrected chi connectivity index (χ1v) is 5.52. The summed E-state index contributed by atoms with van der Waals surface area (Å²) in [6.07, 6.45) is 5.64. The van der Waals surface area contributed by atoms with Gasteiger partial charge in [-0.1, -0.05) is 13.3 Å². The molecule has 3 heteroatoms. The van der Waals surface area contributed by atoms with Gasteiger partial charge in [0, 0.05) is 19.3 Å². The summed E-state index contributed by atoms with van der Waals surface area (Å²) in [7, 11) is 0. The highest BCUT2D eigenvalue weighted by atomic mass is 35.5. The molecule has 0 aliphatic carbocycles. The lowest BCUT2D eigenvalue weighted by Gasteiger charge is -2.17. The van der Waals surface area contributed by atoms with Crippen LogP contribution in [0.4, 0.5) is 5.82 Å². The lowest BCUT2D eigenvalue weighted by Crippen LogP contribution is -2.22. The van der Waals surface area contributed by atoms with Gasteiger partial charge in [-0.25, -0.2) is 4.98 Å². The number of aromatic nitrogens is 1. The molecule has 0 amide bonds. The molecule has 2 nitrogen and oxygen atoms in total. The molecule has 0 unspecified atom stereocenters. The molecule has 0 saturated carbocycles. The largest absolute Gasteiger partial charge is 0.356 e. The van der Waals surface area contributed by atoms with Crippen LogP contribution in [0.3, 0.4) is 0 Å². The average Bonchev–Trinajstić information content (AvgIpc) is 2.60. The Morgan fingerprint density at radius 2 is 2.27 bits per heavy atom. The Morgan fingerprint density at radius 1 is 1.47 bits per heavy atom. The molecule has 0 aromatic carbocycles. The molecule has 1 aromatic heterocycles. The molecular formula is C12H19ClN2. The Labute approximate surface area is 98.1 Å². The number of hydrogen-bond donors (Lipinski definition) is 0. The highest BCUT2D eigenvalue weighted by Crippen LogP contribution is 2.27. The SMILES string of the molecule is CCCCN1CCc2c(C)ccnc21.Cl. The standard InChI is InChI=1S/C12H18N2.ClH/c1-3-4-8-14-9-6-11-10(2)5-7-13-12(11)14;/h5,7H,3-4,6,8-9H2,1-2H3;1H. The predicted molar refractivity (Wildman–Crippen MR) is 67.0 cm³/mol. The Kier molecular flexibility index (Phi) is 4.40. The van der Waals surface area contributed by atoms with Crippen molar-refractivity contribution in [3.63, 3.8) is 0 Å². The second-order valence-electron chi connectivity index (χ2n) is 4.02. The summed E-state index contributed by atoms with van der Waals surface area (Å²) in [6.45, 7) is 6.75. The molecule has 0 atom stereocenters. The Hall–Kier alpha value is -0.760. The van der Waals surface area contributed by atoms with Crippen LogP contribution in [0.15, 0.2) is 12.3 Å². The van der Waals surface area contributed by atoms with E-state index in [9.17, 15) is 0 Å². The van der Waals surface area contributed by atoms with Crippen LogP contribution in [0.25, 0.3) is 0 Å². The van der Waals surface area contributed by atoms with Gasteiger partial charge in [0.1, 0.15) is 5.82 Å². The minimum Gasteiger partial charge on any atom is -0.356 e. The van der Waals surface area contributed by atoms with Gasteiger partial charge in [0.15, 0.2) is 0 Å². The first-order valence-electron chi connectivity index (χ1n) is 5.52. The average molecular weight is 227 g/mol. The van der Waals surface area contributed by atoms with Gasteiger partial charge in [0.25, 0.3) is 0 Å². The van der Waals surface area contributed by atoms with Gasteiger partial charge in [-0.15, -0.1) is 12.4 Å². The summed E-state index contributed by atoms with van der Waals surface area (Å²) < 4.78 is 0. The zero-order chi connectivity index (χ0) is 9.97. The Morgan fingerprint density at radius 3 is 3.00 bits per heavy atom. The molecule has 0 bridgehead atoms. The lowest BCUT2D eigenvalue weighted by molar-refractivity contribution is 0.731. The summed E-state index contributed by atoms with van der Waals surface area (Å²) in [6, 6.07) is 2.11. The molecule has 2 rings (SSSR count). The highest BCUT2D eigenvalue weighted by Gasteiger charge is 2.20. The number of rotatable bonds is 3. The fraction of sp³-hybridized carbons (Fsp3) is 0.583. The molecule has 1 aliphatic heterocycles. The molecule has 0 N–H and O–H groups in total. The number of hydrogen-bond acceptors (Lipinski definition) is 2. The maximum absolute atomic E-state index is 4.48. The lowest BCUT2D eigenvalue weighted by atomic mass is 10.1. The van der Waals surface area contributed by atoms with Crippen LogP contribution in [0.1, 0.15) is 30.9 Å². The number of anilines is 1. The number of aryl methyl sites for hydroxylation is 1. The maximum atomic E-state index is 4.48. The van der Waals surface area contributed by atoms with Crippen LogP contribution in [0.5, 0.6) is 0 Å². The van der Waals surface area contributed by atoms with Crippen molar-refractivity contribution < 1.29 is 0 Å². The van der Waals surface area contributed by atoms with Crippen LogP contribution in [-0.2, 0) is 6.42 Å². The van der Waals surface area contributed by atoms with E-state index < -0.39 is 0 Å². The van der Waals surface area contributed by atoms with Gasteiger partial charge in [-0.2, -0.15) is 0 Å². The van der Waals surface area contributed by atoms with E-state index >= 15 is 0 Å².